The molecular weight excluding hydrogens is 266 g/mol. The van der Waals surface area contributed by atoms with Gasteiger partial charge in [-0.25, -0.2) is 0 Å². The highest BCUT2D eigenvalue weighted by atomic mass is 35.5. The Morgan fingerprint density at radius 3 is 2.79 bits per heavy atom. The van der Waals surface area contributed by atoms with Crippen LogP contribution >= 0.6 is 11.6 Å². The monoisotopic (exact) mass is 281 g/mol. The third kappa shape index (κ3) is 5.57. The van der Waals surface area contributed by atoms with Crippen molar-refractivity contribution in [3.05, 3.63) is 40.9 Å². The van der Waals surface area contributed by atoms with Gasteiger partial charge in [-0.3, -0.25) is 9.59 Å². The van der Waals surface area contributed by atoms with Gasteiger partial charge in [0, 0.05) is 18.1 Å². The van der Waals surface area contributed by atoms with Crippen LogP contribution in [0.4, 0.5) is 0 Å². The summed E-state index contributed by atoms with van der Waals surface area (Å²) in [4.78, 5) is 24.2. The van der Waals surface area contributed by atoms with Crippen LogP contribution in [-0.2, 0) is 14.3 Å². The lowest BCUT2D eigenvalue weighted by atomic mass is 10.2. The van der Waals surface area contributed by atoms with Gasteiger partial charge < -0.3 is 9.64 Å². The molecule has 0 aromatic heterocycles. The van der Waals surface area contributed by atoms with E-state index < -0.39 is 5.97 Å². The molecule has 0 heterocycles. The smallest absolute Gasteiger partial charge is 0.325 e. The fraction of sp³-hybridized carbons (Fsp3) is 0.286. The van der Waals surface area contributed by atoms with Crippen LogP contribution in [0.1, 0.15) is 12.5 Å². The minimum absolute atomic E-state index is 0.0629. The molecule has 1 amide bonds. The van der Waals surface area contributed by atoms with Gasteiger partial charge in [-0.1, -0.05) is 23.7 Å². The number of carbonyl (C=O) groups excluding carboxylic acids is 2. The van der Waals surface area contributed by atoms with Gasteiger partial charge in [0.05, 0.1) is 6.61 Å². The molecule has 0 aliphatic carbocycles. The summed E-state index contributed by atoms with van der Waals surface area (Å²) in [6.45, 7) is 1.96. The number of likely N-dealkylation sites (N-methyl/N-ethyl adjacent to an activating group) is 1. The van der Waals surface area contributed by atoms with Gasteiger partial charge in [0.2, 0.25) is 5.91 Å². The largest absolute Gasteiger partial charge is 0.465 e. The molecule has 0 saturated carbocycles. The first-order valence-corrected chi connectivity index (χ1v) is 6.25. The minimum atomic E-state index is -0.422. The molecule has 0 unspecified atom stereocenters. The fourth-order valence-electron chi connectivity index (χ4n) is 1.38. The second-order valence-electron chi connectivity index (χ2n) is 3.89. The summed E-state index contributed by atoms with van der Waals surface area (Å²) in [6, 6.07) is 7.14. The zero-order chi connectivity index (χ0) is 14.3. The van der Waals surface area contributed by atoms with E-state index in [4.69, 9.17) is 16.3 Å². The van der Waals surface area contributed by atoms with Crippen LogP contribution in [0.5, 0.6) is 0 Å². The van der Waals surface area contributed by atoms with E-state index in [1.165, 1.54) is 11.0 Å². The minimum Gasteiger partial charge on any atom is -0.465 e. The van der Waals surface area contributed by atoms with Crippen molar-refractivity contribution in [3.8, 4) is 0 Å². The highest BCUT2D eigenvalue weighted by molar-refractivity contribution is 6.30. The lowest BCUT2D eigenvalue weighted by molar-refractivity contribution is -0.146. The number of carbonyl (C=O) groups is 2. The number of nitrogens with zero attached hydrogens (tertiary/aromatic N) is 1. The second-order valence-corrected chi connectivity index (χ2v) is 4.32. The van der Waals surface area contributed by atoms with E-state index >= 15 is 0 Å². The zero-order valence-corrected chi connectivity index (χ0v) is 11.7. The van der Waals surface area contributed by atoms with Gasteiger partial charge in [0.25, 0.3) is 0 Å². The molecule has 1 rings (SSSR count). The number of hydrogen-bond donors (Lipinski definition) is 0. The van der Waals surface area contributed by atoms with Crippen molar-refractivity contribution in [1.82, 2.24) is 4.90 Å². The fourth-order valence-corrected chi connectivity index (χ4v) is 1.58. The Bertz CT molecular complexity index is 485. The number of amides is 1. The molecule has 0 N–H and O–H groups in total. The topological polar surface area (TPSA) is 46.6 Å². The van der Waals surface area contributed by atoms with Crippen molar-refractivity contribution < 1.29 is 14.3 Å². The Balaban J connectivity index is 2.56. The van der Waals surface area contributed by atoms with E-state index in [9.17, 15) is 9.59 Å². The number of ether oxygens (including phenoxy) is 1. The average Bonchev–Trinajstić information content (AvgIpc) is 2.36. The van der Waals surface area contributed by atoms with Gasteiger partial charge in [0.1, 0.15) is 6.54 Å². The van der Waals surface area contributed by atoms with Crippen molar-refractivity contribution in [2.45, 2.75) is 6.92 Å². The predicted octanol–water partition coefficient (Wildman–Crippen LogP) is 2.37. The highest BCUT2D eigenvalue weighted by Crippen LogP contribution is 2.11. The molecule has 1 aromatic rings. The highest BCUT2D eigenvalue weighted by Gasteiger charge is 2.10. The Hall–Kier alpha value is -1.81. The lowest BCUT2D eigenvalue weighted by Gasteiger charge is -2.13. The molecule has 0 bridgehead atoms. The summed E-state index contributed by atoms with van der Waals surface area (Å²) in [5.41, 5.74) is 0.824. The van der Waals surface area contributed by atoms with Crippen LogP contribution in [0.15, 0.2) is 30.3 Å². The maximum atomic E-state index is 11.7. The van der Waals surface area contributed by atoms with Crippen molar-refractivity contribution in [3.63, 3.8) is 0 Å². The summed E-state index contributed by atoms with van der Waals surface area (Å²) in [5.74, 6) is -0.692. The Morgan fingerprint density at radius 2 is 2.16 bits per heavy atom. The van der Waals surface area contributed by atoms with E-state index in [-0.39, 0.29) is 12.5 Å². The third-order valence-electron chi connectivity index (χ3n) is 2.31. The predicted molar refractivity (Wildman–Crippen MR) is 74.8 cm³/mol. The summed E-state index contributed by atoms with van der Waals surface area (Å²) in [7, 11) is 1.54. The van der Waals surface area contributed by atoms with Crippen molar-refractivity contribution >= 4 is 29.6 Å². The molecule has 0 radical (unpaired) electrons. The third-order valence-corrected chi connectivity index (χ3v) is 2.55. The van der Waals surface area contributed by atoms with E-state index in [0.29, 0.717) is 11.6 Å². The molecular formula is C14H16ClNO3. The molecule has 102 valence electrons. The number of hydrogen-bond acceptors (Lipinski definition) is 3. The first-order valence-electron chi connectivity index (χ1n) is 5.87. The van der Waals surface area contributed by atoms with Gasteiger partial charge in [-0.05, 0) is 30.7 Å². The Morgan fingerprint density at radius 1 is 1.42 bits per heavy atom. The van der Waals surface area contributed by atoms with Crippen LogP contribution in [0.3, 0.4) is 0 Å². The van der Waals surface area contributed by atoms with Crippen molar-refractivity contribution in [1.29, 1.82) is 0 Å². The van der Waals surface area contributed by atoms with E-state index in [1.54, 1.807) is 38.2 Å². The van der Waals surface area contributed by atoms with Gasteiger partial charge in [-0.2, -0.15) is 0 Å². The van der Waals surface area contributed by atoms with Crippen LogP contribution in [-0.4, -0.2) is 37.0 Å². The molecule has 5 heteroatoms. The van der Waals surface area contributed by atoms with Crippen LogP contribution in [0, 0.1) is 0 Å². The molecule has 4 nitrogen and oxygen atoms in total. The molecule has 19 heavy (non-hydrogen) atoms. The maximum Gasteiger partial charge on any atom is 0.325 e. The Kier molecular flexibility index (Phi) is 6.09. The van der Waals surface area contributed by atoms with Crippen molar-refractivity contribution in [2.24, 2.45) is 0 Å². The first-order chi connectivity index (χ1) is 9.02. The second kappa shape index (κ2) is 7.59. The quantitative estimate of drug-likeness (QED) is 0.615. The normalized spacial score (nSPS) is 10.5. The molecule has 1 aromatic carbocycles. The summed E-state index contributed by atoms with van der Waals surface area (Å²) in [5, 5.41) is 0.606. The van der Waals surface area contributed by atoms with E-state index in [2.05, 4.69) is 0 Å². The molecule has 0 fully saturated rings. The van der Waals surface area contributed by atoms with Crippen molar-refractivity contribution in [2.75, 3.05) is 20.2 Å². The summed E-state index contributed by atoms with van der Waals surface area (Å²) >= 11 is 5.84. The number of halogens is 1. The van der Waals surface area contributed by atoms with Gasteiger partial charge in [-0.15, -0.1) is 0 Å². The average molecular weight is 282 g/mol. The standard InChI is InChI=1S/C14H16ClNO3/c1-3-19-14(18)10-16(2)13(17)8-7-11-5-4-6-12(15)9-11/h4-9H,3,10H2,1-2H3/b8-7+. The molecule has 0 saturated heterocycles. The van der Waals surface area contributed by atoms with Crippen LogP contribution in [0.25, 0.3) is 6.08 Å². The summed E-state index contributed by atoms with van der Waals surface area (Å²) < 4.78 is 4.77. The zero-order valence-electron chi connectivity index (χ0n) is 10.9. The molecule has 0 aliphatic rings. The molecule has 0 spiro atoms. The number of benzene rings is 1. The van der Waals surface area contributed by atoms with E-state index in [0.717, 1.165) is 5.56 Å². The van der Waals surface area contributed by atoms with E-state index in [1.807, 2.05) is 6.07 Å². The number of rotatable bonds is 5. The molecule has 0 aliphatic heterocycles. The summed E-state index contributed by atoms with van der Waals surface area (Å²) in [6.07, 6.45) is 3.04. The maximum absolute atomic E-state index is 11.7. The SMILES string of the molecule is CCOC(=O)CN(C)C(=O)/C=C/c1cccc(Cl)c1. The van der Waals surface area contributed by atoms with Crippen LogP contribution < -0.4 is 0 Å². The lowest BCUT2D eigenvalue weighted by Crippen LogP contribution is -2.31. The van der Waals surface area contributed by atoms with Crippen LogP contribution in [0.2, 0.25) is 5.02 Å². The number of esters is 1. The van der Waals surface area contributed by atoms with Gasteiger partial charge >= 0.3 is 5.97 Å². The van der Waals surface area contributed by atoms with Gasteiger partial charge in [0.15, 0.2) is 0 Å². The molecule has 0 atom stereocenters. The first kappa shape index (κ1) is 15.2. The Labute approximate surface area is 117 Å².